The van der Waals surface area contributed by atoms with Crippen LogP contribution in [0.5, 0.6) is 0 Å². The Hall–Kier alpha value is -1.88. The van der Waals surface area contributed by atoms with Gasteiger partial charge in [0.1, 0.15) is 0 Å². The Morgan fingerprint density at radius 2 is 1.22 bits per heavy atom. The van der Waals surface area contributed by atoms with E-state index in [4.69, 9.17) is 4.74 Å². The van der Waals surface area contributed by atoms with Gasteiger partial charge in [0.2, 0.25) is 0 Å². The zero-order chi connectivity index (χ0) is 28.9. The van der Waals surface area contributed by atoms with Crippen molar-refractivity contribution in [1.29, 1.82) is 0 Å². The van der Waals surface area contributed by atoms with Crippen LogP contribution in [0.2, 0.25) is 0 Å². The SMILES string of the molecule is CCCCCC1CCC(C2CCC(CCCCc3cc4c(c(F)c3F)-c3c(cc(CCC)c(F)c3F)C4)CC2)OC1. The van der Waals surface area contributed by atoms with Gasteiger partial charge in [-0.05, 0) is 97.8 Å². The number of rotatable bonds is 12. The van der Waals surface area contributed by atoms with Gasteiger partial charge < -0.3 is 4.74 Å². The highest BCUT2D eigenvalue weighted by Crippen LogP contribution is 2.44. The Labute approximate surface area is 244 Å². The molecule has 3 aliphatic rings. The van der Waals surface area contributed by atoms with Gasteiger partial charge in [-0.15, -0.1) is 0 Å². The lowest BCUT2D eigenvalue weighted by Gasteiger charge is -2.38. The first kappa shape index (κ1) is 30.6. The first-order chi connectivity index (χ1) is 19.9. The zero-order valence-electron chi connectivity index (χ0n) is 25.1. The van der Waals surface area contributed by atoms with E-state index >= 15 is 8.78 Å². The Balaban J connectivity index is 1.08. The molecule has 1 saturated heterocycles. The zero-order valence-corrected chi connectivity index (χ0v) is 25.1. The quantitative estimate of drug-likeness (QED) is 0.155. The Morgan fingerprint density at radius 1 is 0.634 bits per heavy atom. The molecular weight excluding hydrogens is 524 g/mol. The van der Waals surface area contributed by atoms with Crippen LogP contribution in [0.1, 0.15) is 126 Å². The van der Waals surface area contributed by atoms with Crippen LogP contribution < -0.4 is 0 Å². The molecule has 0 bridgehead atoms. The van der Waals surface area contributed by atoms with Crippen molar-refractivity contribution in [2.45, 2.75) is 129 Å². The Morgan fingerprint density at radius 3 is 1.80 bits per heavy atom. The minimum Gasteiger partial charge on any atom is -0.378 e. The van der Waals surface area contributed by atoms with E-state index in [0.29, 0.717) is 65.9 Å². The minimum absolute atomic E-state index is 0.0913. The minimum atomic E-state index is -1.05. The molecule has 0 aromatic heterocycles. The van der Waals surface area contributed by atoms with Crippen LogP contribution in [0.25, 0.3) is 11.1 Å². The predicted molar refractivity (Wildman–Crippen MR) is 158 cm³/mol. The second kappa shape index (κ2) is 14.1. The van der Waals surface area contributed by atoms with Crippen molar-refractivity contribution in [2.75, 3.05) is 6.61 Å². The fraction of sp³-hybridized carbons (Fsp3) is 0.667. The van der Waals surface area contributed by atoms with Gasteiger partial charge in [0.05, 0.1) is 6.10 Å². The number of unbranched alkanes of at least 4 members (excludes halogenated alkanes) is 3. The average molecular weight is 573 g/mol. The standard InChI is InChI=1S/C36H48F4O/c1-3-5-6-11-24-15-18-30(41-22-24)25-16-13-23(14-17-25)10-7-8-12-27-20-29-21-28-19-26(9-4-2)33(37)35(39)31(28)32(29)36(40)34(27)38/h19-20,23-25,30H,3-18,21-22H2,1-2H3. The Kier molecular flexibility index (Phi) is 10.5. The number of fused-ring (bicyclic) bond motifs is 3. The summed E-state index contributed by atoms with van der Waals surface area (Å²) in [5, 5.41) is 0. The molecule has 5 heteroatoms. The van der Waals surface area contributed by atoms with Gasteiger partial charge in [-0.25, -0.2) is 17.6 Å². The molecule has 0 amide bonds. The second-order valence-electron chi connectivity index (χ2n) is 13.2. The number of halogens is 4. The highest BCUT2D eigenvalue weighted by molar-refractivity contribution is 5.79. The first-order valence-corrected chi connectivity index (χ1v) is 16.5. The molecule has 2 atom stereocenters. The molecule has 41 heavy (non-hydrogen) atoms. The topological polar surface area (TPSA) is 9.23 Å². The maximum atomic E-state index is 15.2. The molecule has 0 spiro atoms. The first-order valence-electron chi connectivity index (χ1n) is 16.5. The van der Waals surface area contributed by atoms with Gasteiger partial charge in [0.25, 0.3) is 0 Å². The van der Waals surface area contributed by atoms with E-state index < -0.39 is 23.3 Å². The van der Waals surface area contributed by atoms with Crippen LogP contribution in [-0.2, 0) is 24.0 Å². The van der Waals surface area contributed by atoms with Crippen molar-refractivity contribution in [2.24, 2.45) is 17.8 Å². The fourth-order valence-electron chi connectivity index (χ4n) is 7.84. The van der Waals surface area contributed by atoms with Crippen molar-refractivity contribution in [3.63, 3.8) is 0 Å². The monoisotopic (exact) mass is 572 g/mol. The summed E-state index contributed by atoms with van der Waals surface area (Å²) >= 11 is 0. The molecule has 1 aliphatic heterocycles. The maximum absolute atomic E-state index is 15.2. The third-order valence-electron chi connectivity index (χ3n) is 10.2. The highest BCUT2D eigenvalue weighted by Gasteiger charge is 2.33. The van der Waals surface area contributed by atoms with Gasteiger partial charge >= 0.3 is 0 Å². The van der Waals surface area contributed by atoms with E-state index in [1.807, 2.05) is 6.92 Å². The summed E-state index contributed by atoms with van der Waals surface area (Å²) in [6, 6.07) is 3.32. The van der Waals surface area contributed by atoms with Gasteiger partial charge in [-0.2, -0.15) is 0 Å². The molecule has 2 aliphatic carbocycles. The van der Waals surface area contributed by atoms with Crippen molar-refractivity contribution in [3.8, 4) is 11.1 Å². The van der Waals surface area contributed by atoms with Gasteiger partial charge in [-0.3, -0.25) is 0 Å². The van der Waals surface area contributed by atoms with E-state index in [2.05, 4.69) is 6.92 Å². The summed E-state index contributed by atoms with van der Waals surface area (Å²) in [4.78, 5) is 0. The van der Waals surface area contributed by atoms with E-state index in [9.17, 15) is 8.78 Å². The lowest BCUT2D eigenvalue weighted by Crippen LogP contribution is -2.34. The van der Waals surface area contributed by atoms with Gasteiger partial charge in [-0.1, -0.05) is 77.3 Å². The molecule has 2 aromatic rings. The molecule has 0 radical (unpaired) electrons. The summed E-state index contributed by atoms with van der Waals surface area (Å²) in [5.74, 6) is -1.75. The smallest absolute Gasteiger partial charge is 0.167 e. The summed E-state index contributed by atoms with van der Waals surface area (Å²) < 4.78 is 66.2. The van der Waals surface area contributed by atoms with Gasteiger partial charge in [0.15, 0.2) is 23.3 Å². The van der Waals surface area contributed by atoms with E-state index in [-0.39, 0.29) is 11.1 Å². The number of hydrogen-bond acceptors (Lipinski definition) is 1. The van der Waals surface area contributed by atoms with Crippen molar-refractivity contribution in [3.05, 3.63) is 57.7 Å². The molecule has 5 rings (SSSR count). The number of ether oxygens (including phenoxy) is 1. The van der Waals surface area contributed by atoms with Gasteiger partial charge in [0, 0.05) is 17.7 Å². The summed E-state index contributed by atoms with van der Waals surface area (Å²) in [5.41, 5.74) is 1.60. The van der Waals surface area contributed by atoms with E-state index in [1.54, 1.807) is 12.1 Å². The summed E-state index contributed by atoms with van der Waals surface area (Å²) in [6.07, 6.45) is 18.1. The molecule has 226 valence electrons. The largest absolute Gasteiger partial charge is 0.378 e. The third kappa shape index (κ3) is 6.86. The number of aryl methyl sites for hydroxylation is 2. The van der Waals surface area contributed by atoms with Crippen LogP contribution >= 0.6 is 0 Å². The predicted octanol–water partition coefficient (Wildman–Crippen LogP) is 10.7. The molecule has 2 unspecified atom stereocenters. The van der Waals surface area contributed by atoms with Crippen LogP contribution in [0.3, 0.4) is 0 Å². The van der Waals surface area contributed by atoms with Crippen LogP contribution in [-0.4, -0.2) is 12.7 Å². The third-order valence-corrected chi connectivity index (χ3v) is 10.2. The Bertz CT molecular complexity index is 1180. The average Bonchev–Trinajstić information content (AvgIpc) is 3.35. The molecular formula is C36H48F4O. The lowest BCUT2D eigenvalue weighted by molar-refractivity contribution is -0.0599. The molecule has 1 saturated carbocycles. The van der Waals surface area contributed by atoms with Crippen molar-refractivity contribution in [1.82, 2.24) is 0 Å². The van der Waals surface area contributed by atoms with E-state index in [1.165, 1.54) is 64.2 Å². The number of benzene rings is 2. The normalized spacial score (nSPS) is 24.0. The van der Waals surface area contributed by atoms with Crippen molar-refractivity contribution >= 4 is 0 Å². The molecule has 1 heterocycles. The molecule has 2 fully saturated rings. The van der Waals surface area contributed by atoms with Crippen molar-refractivity contribution < 1.29 is 22.3 Å². The molecule has 1 nitrogen and oxygen atoms in total. The summed E-state index contributed by atoms with van der Waals surface area (Å²) in [7, 11) is 0. The van der Waals surface area contributed by atoms with Crippen LogP contribution in [0.4, 0.5) is 17.6 Å². The highest BCUT2D eigenvalue weighted by atomic mass is 19.2. The van der Waals surface area contributed by atoms with Crippen LogP contribution in [0.15, 0.2) is 12.1 Å². The second-order valence-corrected chi connectivity index (χ2v) is 13.2. The maximum Gasteiger partial charge on any atom is 0.167 e. The molecule has 2 aromatic carbocycles. The van der Waals surface area contributed by atoms with E-state index in [0.717, 1.165) is 31.8 Å². The number of hydrogen-bond donors (Lipinski definition) is 0. The molecule has 0 N–H and O–H groups in total. The lowest BCUT2D eigenvalue weighted by atomic mass is 9.75. The summed E-state index contributed by atoms with van der Waals surface area (Å²) in [6.45, 7) is 5.11. The van der Waals surface area contributed by atoms with Crippen LogP contribution in [0, 0.1) is 41.0 Å². The fourth-order valence-corrected chi connectivity index (χ4v) is 7.84.